The summed E-state index contributed by atoms with van der Waals surface area (Å²) in [5, 5.41) is 2.18. The summed E-state index contributed by atoms with van der Waals surface area (Å²) in [4.78, 5) is 4.05. The van der Waals surface area contributed by atoms with Crippen molar-refractivity contribution in [3.8, 4) is 0 Å². The SMILES string of the molecule is CCC(N)C(c1cc(Br)cs1)N1CCC(CC)(CC)CC1. The highest BCUT2D eigenvalue weighted by Crippen LogP contribution is 2.41. The van der Waals surface area contributed by atoms with Gasteiger partial charge in [-0.3, -0.25) is 4.90 Å². The standard InChI is InChI=1S/C17H29BrN2S/c1-4-14(19)16(15-11-13(18)12-21-15)20-9-7-17(5-2,6-3)8-10-20/h11-12,14,16H,4-10,19H2,1-3H3. The van der Waals surface area contributed by atoms with Crippen molar-refractivity contribution in [1.29, 1.82) is 0 Å². The first kappa shape index (κ1) is 17.5. The summed E-state index contributed by atoms with van der Waals surface area (Å²) >= 11 is 5.42. The molecule has 21 heavy (non-hydrogen) atoms. The number of halogens is 1. The molecule has 1 fully saturated rings. The van der Waals surface area contributed by atoms with Crippen LogP contribution in [0.5, 0.6) is 0 Å². The number of nitrogens with zero attached hydrogens (tertiary/aromatic N) is 1. The van der Waals surface area contributed by atoms with Gasteiger partial charge < -0.3 is 5.73 Å². The molecule has 120 valence electrons. The van der Waals surface area contributed by atoms with E-state index >= 15 is 0 Å². The summed E-state index contributed by atoms with van der Waals surface area (Å²) in [6.45, 7) is 9.29. The van der Waals surface area contributed by atoms with Gasteiger partial charge in [-0.2, -0.15) is 0 Å². The average molecular weight is 373 g/mol. The van der Waals surface area contributed by atoms with Crippen LogP contribution in [0.25, 0.3) is 0 Å². The van der Waals surface area contributed by atoms with Gasteiger partial charge >= 0.3 is 0 Å². The molecule has 4 heteroatoms. The average Bonchev–Trinajstić information content (AvgIpc) is 2.94. The van der Waals surface area contributed by atoms with Gasteiger partial charge in [0.1, 0.15) is 0 Å². The molecule has 0 spiro atoms. The lowest BCUT2D eigenvalue weighted by atomic mass is 9.74. The van der Waals surface area contributed by atoms with Crippen molar-refractivity contribution < 1.29 is 0 Å². The molecule has 2 rings (SSSR count). The summed E-state index contributed by atoms with van der Waals surface area (Å²) < 4.78 is 1.18. The minimum absolute atomic E-state index is 0.228. The smallest absolute Gasteiger partial charge is 0.0593 e. The Balaban J connectivity index is 2.13. The summed E-state index contributed by atoms with van der Waals surface area (Å²) in [5.41, 5.74) is 7.05. The van der Waals surface area contributed by atoms with Crippen LogP contribution in [0.1, 0.15) is 63.8 Å². The number of rotatable bonds is 6. The van der Waals surface area contributed by atoms with E-state index in [0.29, 0.717) is 11.5 Å². The second-order valence-electron chi connectivity index (χ2n) is 6.43. The van der Waals surface area contributed by atoms with Crippen LogP contribution in [0.3, 0.4) is 0 Å². The highest BCUT2D eigenvalue weighted by molar-refractivity contribution is 9.10. The zero-order valence-electron chi connectivity index (χ0n) is 13.6. The second kappa shape index (κ2) is 7.58. The van der Waals surface area contributed by atoms with Crippen molar-refractivity contribution in [3.05, 3.63) is 20.8 Å². The fourth-order valence-corrected chi connectivity index (χ4v) is 5.26. The summed E-state index contributed by atoms with van der Waals surface area (Å²) in [6.07, 6.45) is 6.29. The maximum absolute atomic E-state index is 6.47. The normalized spacial score (nSPS) is 22.1. The summed E-state index contributed by atoms with van der Waals surface area (Å²) in [6, 6.07) is 2.87. The van der Waals surface area contributed by atoms with Crippen LogP contribution >= 0.6 is 27.3 Å². The third-order valence-corrected chi connectivity index (χ3v) is 7.27. The molecule has 2 atom stereocenters. The topological polar surface area (TPSA) is 29.3 Å². The third-order valence-electron chi connectivity index (χ3n) is 5.51. The van der Waals surface area contributed by atoms with Crippen molar-refractivity contribution >= 4 is 27.3 Å². The van der Waals surface area contributed by atoms with E-state index in [1.807, 2.05) is 11.3 Å². The van der Waals surface area contributed by atoms with Crippen LogP contribution in [-0.4, -0.2) is 24.0 Å². The molecule has 0 aliphatic carbocycles. The van der Waals surface area contributed by atoms with Crippen LogP contribution in [-0.2, 0) is 0 Å². The molecular formula is C17H29BrN2S. The minimum Gasteiger partial charge on any atom is -0.326 e. The Labute approximate surface area is 142 Å². The molecular weight excluding hydrogens is 344 g/mol. The number of hydrogen-bond acceptors (Lipinski definition) is 3. The zero-order valence-corrected chi connectivity index (χ0v) is 16.0. The summed E-state index contributed by atoms with van der Waals surface area (Å²) in [5.74, 6) is 0. The van der Waals surface area contributed by atoms with E-state index in [-0.39, 0.29) is 6.04 Å². The second-order valence-corrected chi connectivity index (χ2v) is 8.29. The summed E-state index contributed by atoms with van der Waals surface area (Å²) in [7, 11) is 0. The van der Waals surface area contributed by atoms with Crippen molar-refractivity contribution in [1.82, 2.24) is 4.90 Å². The Kier molecular flexibility index (Phi) is 6.30. The molecule has 2 unspecified atom stereocenters. The minimum atomic E-state index is 0.228. The molecule has 0 radical (unpaired) electrons. The van der Waals surface area contributed by atoms with Gasteiger partial charge in [0.2, 0.25) is 0 Å². The highest BCUT2D eigenvalue weighted by Gasteiger charge is 2.36. The Morgan fingerprint density at radius 2 is 1.90 bits per heavy atom. The van der Waals surface area contributed by atoms with Crippen molar-refractivity contribution in [2.75, 3.05) is 13.1 Å². The van der Waals surface area contributed by atoms with E-state index in [1.54, 1.807) is 0 Å². The van der Waals surface area contributed by atoms with Gasteiger partial charge in [0.25, 0.3) is 0 Å². The molecule has 0 amide bonds. The fraction of sp³-hybridized carbons (Fsp3) is 0.765. The molecule has 1 aromatic rings. The Hall–Kier alpha value is 0.1000. The van der Waals surface area contributed by atoms with Gasteiger partial charge in [-0.25, -0.2) is 0 Å². The van der Waals surface area contributed by atoms with E-state index in [0.717, 1.165) is 6.42 Å². The van der Waals surface area contributed by atoms with E-state index in [2.05, 4.69) is 53.0 Å². The molecule has 1 aliphatic heterocycles. The predicted molar refractivity (Wildman–Crippen MR) is 96.8 cm³/mol. The maximum atomic E-state index is 6.47. The number of thiophene rings is 1. The lowest BCUT2D eigenvalue weighted by Gasteiger charge is -2.45. The first-order chi connectivity index (χ1) is 10.0. The van der Waals surface area contributed by atoms with Crippen LogP contribution < -0.4 is 5.73 Å². The lowest BCUT2D eigenvalue weighted by molar-refractivity contribution is 0.0574. The van der Waals surface area contributed by atoms with Gasteiger partial charge in [0, 0.05) is 20.8 Å². The molecule has 2 heterocycles. The Bertz CT molecular complexity index is 432. The van der Waals surface area contributed by atoms with Crippen LogP contribution in [0.15, 0.2) is 15.9 Å². The largest absolute Gasteiger partial charge is 0.326 e. The van der Waals surface area contributed by atoms with Crippen LogP contribution in [0.2, 0.25) is 0 Å². The number of likely N-dealkylation sites (tertiary alicyclic amines) is 1. The van der Waals surface area contributed by atoms with Crippen molar-refractivity contribution in [2.24, 2.45) is 11.1 Å². The van der Waals surface area contributed by atoms with Gasteiger partial charge in [0.05, 0.1) is 6.04 Å². The Morgan fingerprint density at radius 1 is 1.29 bits per heavy atom. The van der Waals surface area contributed by atoms with E-state index in [9.17, 15) is 0 Å². The monoisotopic (exact) mass is 372 g/mol. The molecule has 0 bridgehead atoms. The van der Waals surface area contributed by atoms with Gasteiger partial charge in [-0.1, -0.05) is 33.6 Å². The van der Waals surface area contributed by atoms with Crippen molar-refractivity contribution in [3.63, 3.8) is 0 Å². The quantitative estimate of drug-likeness (QED) is 0.743. The van der Waals surface area contributed by atoms with E-state index in [4.69, 9.17) is 5.73 Å². The highest BCUT2D eigenvalue weighted by atomic mass is 79.9. The number of piperidine rings is 1. The molecule has 1 saturated heterocycles. The number of nitrogens with two attached hydrogens (primary N) is 1. The lowest BCUT2D eigenvalue weighted by Crippen LogP contribution is -2.46. The first-order valence-electron chi connectivity index (χ1n) is 8.28. The predicted octanol–water partition coefficient (Wildman–Crippen LogP) is 5.19. The van der Waals surface area contributed by atoms with Gasteiger partial charge in [0.15, 0.2) is 0 Å². The number of hydrogen-bond donors (Lipinski definition) is 1. The van der Waals surface area contributed by atoms with Gasteiger partial charge in [-0.15, -0.1) is 11.3 Å². The molecule has 1 aromatic heterocycles. The van der Waals surface area contributed by atoms with E-state index < -0.39 is 0 Å². The Morgan fingerprint density at radius 3 is 2.33 bits per heavy atom. The molecule has 2 nitrogen and oxygen atoms in total. The van der Waals surface area contributed by atoms with Gasteiger partial charge in [-0.05, 0) is 59.8 Å². The van der Waals surface area contributed by atoms with Crippen LogP contribution in [0.4, 0.5) is 0 Å². The van der Waals surface area contributed by atoms with Crippen molar-refractivity contribution in [2.45, 2.75) is 65.0 Å². The molecule has 2 N–H and O–H groups in total. The third kappa shape index (κ3) is 3.90. The molecule has 0 saturated carbocycles. The fourth-order valence-electron chi connectivity index (χ4n) is 3.60. The van der Waals surface area contributed by atoms with Crippen LogP contribution in [0, 0.1) is 5.41 Å². The molecule has 1 aliphatic rings. The maximum Gasteiger partial charge on any atom is 0.0593 e. The zero-order chi connectivity index (χ0) is 15.5. The molecule has 0 aromatic carbocycles. The first-order valence-corrected chi connectivity index (χ1v) is 9.96. The van der Waals surface area contributed by atoms with E-state index in [1.165, 1.54) is 48.1 Å².